The van der Waals surface area contributed by atoms with Crippen molar-refractivity contribution >= 4 is 35.6 Å². The Bertz CT molecular complexity index is 1260. The first-order valence-corrected chi connectivity index (χ1v) is 12.6. The van der Waals surface area contributed by atoms with Gasteiger partial charge in [-0.25, -0.2) is 9.59 Å². The maximum absolute atomic E-state index is 12.8. The van der Waals surface area contributed by atoms with Crippen LogP contribution in [0.5, 0.6) is 0 Å². The van der Waals surface area contributed by atoms with Gasteiger partial charge in [0.1, 0.15) is 24.2 Å². The number of benzene rings is 2. The van der Waals surface area contributed by atoms with Crippen molar-refractivity contribution < 1.29 is 39.0 Å². The molecule has 0 saturated carbocycles. The van der Waals surface area contributed by atoms with Crippen molar-refractivity contribution in [2.75, 3.05) is 0 Å². The van der Waals surface area contributed by atoms with E-state index in [-0.39, 0.29) is 12.8 Å². The average Bonchev–Trinajstić information content (AvgIpc) is 2.92. The van der Waals surface area contributed by atoms with Crippen LogP contribution in [0.25, 0.3) is 0 Å². The maximum Gasteiger partial charge on any atom is 0.332 e. The molecule has 4 rings (SSSR count). The Morgan fingerprint density at radius 1 is 0.525 bits per heavy atom. The monoisotopic (exact) mass is 548 g/mol. The maximum atomic E-state index is 12.8. The third-order valence-corrected chi connectivity index (χ3v) is 6.79. The fourth-order valence-corrected chi connectivity index (χ4v) is 4.71. The highest BCUT2D eigenvalue weighted by Crippen LogP contribution is 2.21. The van der Waals surface area contributed by atoms with E-state index < -0.39 is 83.7 Å². The molecule has 4 amide bonds. The van der Waals surface area contributed by atoms with Gasteiger partial charge >= 0.3 is 11.9 Å². The highest BCUT2D eigenvalue weighted by molar-refractivity contribution is 6.03. The van der Waals surface area contributed by atoms with E-state index in [4.69, 9.17) is 0 Å². The zero-order valence-electron chi connectivity index (χ0n) is 21.3. The second kappa shape index (κ2) is 12.2. The molecule has 2 aromatic carbocycles. The van der Waals surface area contributed by atoms with Gasteiger partial charge in [-0.3, -0.25) is 19.2 Å². The molecule has 2 aromatic rings. The number of carbonyl (C=O) groups is 6. The summed E-state index contributed by atoms with van der Waals surface area (Å²) < 4.78 is 0. The van der Waals surface area contributed by atoms with Gasteiger partial charge in [0.15, 0.2) is 0 Å². The van der Waals surface area contributed by atoms with E-state index in [1.807, 2.05) is 12.1 Å². The molecule has 0 unspecified atom stereocenters. The molecule has 12 heteroatoms. The van der Waals surface area contributed by atoms with Crippen LogP contribution in [0.2, 0.25) is 0 Å². The van der Waals surface area contributed by atoms with Crippen molar-refractivity contribution in [2.24, 2.45) is 0 Å². The summed E-state index contributed by atoms with van der Waals surface area (Å²) in [5.74, 6) is -5.68. The molecule has 0 aliphatic carbocycles. The Balaban J connectivity index is 1.46. The molecule has 208 valence electrons. The zero-order valence-corrected chi connectivity index (χ0v) is 21.3. The minimum Gasteiger partial charge on any atom is -0.478 e. The molecule has 0 spiro atoms. The predicted molar refractivity (Wildman–Crippen MR) is 140 cm³/mol. The van der Waals surface area contributed by atoms with Gasteiger partial charge in [0, 0.05) is 25.7 Å². The Hall–Kier alpha value is -5.00. The van der Waals surface area contributed by atoms with Gasteiger partial charge in [-0.05, 0) is 11.1 Å². The van der Waals surface area contributed by atoms with E-state index in [2.05, 4.69) is 21.3 Å². The Morgan fingerprint density at radius 2 is 0.825 bits per heavy atom. The smallest absolute Gasteiger partial charge is 0.332 e. The highest BCUT2D eigenvalue weighted by Gasteiger charge is 2.39. The summed E-state index contributed by atoms with van der Waals surface area (Å²) in [5, 5.41) is 29.7. The Kier molecular flexibility index (Phi) is 8.57. The highest BCUT2D eigenvalue weighted by atomic mass is 16.4. The second-order valence-electron chi connectivity index (χ2n) is 9.60. The van der Waals surface area contributed by atoms with Crippen LogP contribution in [0.15, 0.2) is 71.8 Å². The van der Waals surface area contributed by atoms with Crippen LogP contribution in [0.3, 0.4) is 0 Å². The number of rotatable bonds is 10. The van der Waals surface area contributed by atoms with Crippen LogP contribution in [-0.2, 0) is 41.6 Å². The van der Waals surface area contributed by atoms with E-state index in [0.29, 0.717) is 0 Å². The van der Waals surface area contributed by atoms with Crippen molar-refractivity contribution in [1.82, 2.24) is 21.3 Å². The molecule has 0 aromatic heterocycles. The first kappa shape index (κ1) is 28.0. The first-order valence-electron chi connectivity index (χ1n) is 12.6. The lowest BCUT2D eigenvalue weighted by Gasteiger charge is -2.31. The van der Waals surface area contributed by atoms with E-state index in [1.165, 1.54) is 0 Å². The van der Waals surface area contributed by atoms with Crippen LogP contribution in [0, 0.1) is 0 Å². The molecule has 2 aliphatic rings. The Labute approximate surface area is 228 Å². The van der Waals surface area contributed by atoms with Crippen molar-refractivity contribution in [2.45, 2.75) is 49.9 Å². The van der Waals surface area contributed by atoms with Crippen LogP contribution in [0.1, 0.15) is 24.0 Å². The van der Waals surface area contributed by atoms with Crippen LogP contribution < -0.4 is 21.3 Å². The third kappa shape index (κ3) is 6.70. The molecule has 2 heterocycles. The largest absolute Gasteiger partial charge is 0.478 e. The van der Waals surface area contributed by atoms with Gasteiger partial charge < -0.3 is 31.5 Å². The number of carboxylic acid groups (broad SMARTS) is 2. The lowest BCUT2D eigenvalue weighted by Crippen LogP contribution is -2.62. The van der Waals surface area contributed by atoms with Gasteiger partial charge in [-0.15, -0.1) is 0 Å². The molecule has 0 radical (unpaired) electrons. The fourth-order valence-electron chi connectivity index (χ4n) is 4.71. The molecular weight excluding hydrogens is 520 g/mol. The minimum atomic E-state index is -1.63. The van der Waals surface area contributed by atoms with Crippen LogP contribution >= 0.6 is 0 Å². The number of hydrogen-bond acceptors (Lipinski definition) is 6. The molecule has 2 aliphatic heterocycles. The van der Waals surface area contributed by atoms with Gasteiger partial charge in [0.25, 0.3) is 0 Å². The number of nitrogens with one attached hydrogen (secondary N) is 4. The minimum absolute atomic E-state index is 0.217. The molecular formula is C28H28N4O8. The van der Waals surface area contributed by atoms with E-state index in [9.17, 15) is 39.0 Å². The van der Waals surface area contributed by atoms with Gasteiger partial charge in [0.2, 0.25) is 23.6 Å². The molecule has 0 bridgehead atoms. The first-order chi connectivity index (χ1) is 19.1. The normalized spacial score (nSPS) is 23.2. The van der Waals surface area contributed by atoms with Crippen molar-refractivity contribution in [3.05, 3.63) is 82.9 Å². The summed E-state index contributed by atoms with van der Waals surface area (Å²) in [6.45, 7) is 0. The van der Waals surface area contributed by atoms with E-state index in [0.717, 1.165) is 11.1 Å². The van der Waals surface area contributed by atoms with Gasteiger partial charge in [-0.2, -0.15) is 0 Å². The van der Waals surface area contributed by atoms with Crippen molar-refractivity contribution in [3.63, 3.8) is 0 Å². The number of aliphatic carboxylic acids is 2. The summed E-state index contributed by atoms with van der Waals surface area (Å²) in [7, 11) is 0. The summed E-state index contributed by atoms with van der Waals surface area (Å²) in [6, 6.07) is 13.5. The standard InChI is InChI=1S/C28H28N4O8/c33-23-19(11-15-7-3-1-4-8-15)29-25(35)21(31-23)13-17(27(37)38)18(28(39)40)14-22-26(36)30-20(24(34)32-22)12-16-9-5-2-6-10-16/h1-10,19-22H,11-14H2,(H,29,35)(H,30,36)(H,31,33)(H,32,34)(H,37,38)(H,39,40)/t19-,20-,21-,22-/m0/s1. The summed E-state index contributed by atoms with van der Waals surface area (Å²) in [5.41, 5.74) is 0.282. The summed E-state index contributed by atoms with van der Waals surface area (Å²) in [4.78, 5) is 75.0. The SMILES string of the molecule is O=C(O)C(C[C@@H]1NC(=O)[C@H](Cc2ccccc2)NC1=O)=C(C[C@@H]1NC(=O)[C@H](Cc2ccccc2)NC1=O)C(=O)O. The topological polar surface area (TPSA) is 191 Å². The lowest BCUT2D eigenvalue weighted by molar-refractivity contribution is -0.139. The summed E-state index contributed by atoms with van der Waals surface area (Å²) >= 11 is 0. The fraction of sp³-hybridized carbons (Fsp3) is 0.286. The Morgan fingerprint density at radius 3 is 1.15 bits per heavy atom. The zero-order chi connectivity index (χ0) is 28.8. The third-order valence-electron chi connectivity index (χ3n) is 6.79. The van der Waals surface area contributed by atoms with E-state index in [1.54, 1.807) is 48.5 Å². The molecule has 2 saturated heterocycles. The van der Waals surface area contributed by atoms with Crippen LogP contribution in [-0.4, -0.2) is 69.9 Å². The number of carbonyl (C=O) groups excluding carboxylic acids is 4. The molecule has 6 N–H and O–H groups in total. The number of carboxylic acids is 2. The van der Waals surface area contributed by atoms with Crippen molar-refractivity contribution in [3.8, 4) is 0 Å². The second-order valence-corrected chi connectivity index (χ2v) is 9.60. The molecule has 12 nitrogen and oxygen atoms in total. The van der Waals surface area contributed by atoms with E-state index >= 15 is 0 Å². The quantitative estimate of drug-likeness (QED) is 0.218. The number of piperazine rings is 2. The van der Waals surface area contributed by atoms with Crippen LogP contribution in [0.4, 0.5) is 0 Å². The summed E-state index contributed by atoms with van der Waals surface area (Å²) in [6.07, 6.45) is -0.833. The van der Waals surface area contributed by atoms with Gasteiger partial charge in [0.05, 0.1) is 11.1 Å². The number of hydrogen-bond donors (Lipinski definition) is 6. The number of amides is 4. The lowest BCUT2D eigenvalue weighted by atomic mass is 9.92. The van der Waals surface area contributed by atoms with Crippen molar-refractivity contribution in [1.29, 1.82) is 0 Å². The average molecular weight is 549 g/mol. The predicted octanol–water partition coefficient (Wildman–Crippen LogP) is -0.316. The van der Waals surface area contributed by atoms with Gasteiger partial charge in [-0.1, -0.05) is 60.7 Å². The molecule has 40 heavy (non-hydrogen) atoms. The molecule has 2 fully saturated rings. The molecule has 4 atom stereocenters.